The van der Waals surface area contributed by atoms with E-state index in [1.165, 1.54) is 0 Å². The van der Waals surface area contributed by atoms with Gasteiger partial charge >= 0.3 is 0 Å². The molecular weight excluding hydrogens is 330 g/mol. The lowest BCUT2D eigenvalue weighted by Gasteiger charge is -2.36. The molecule has 0 saturated carbocycles. The summed E-state index contributed by atoms with van der Waals surface area (Å²) >= 11 is 7.00. The predicted octanol–water partition coefficient (Wildman–Crippen LogP) is 2.58. The van der Waals surface area contributed by atoms with Crippen molar-refractivity contribution < 1.29 is 8.42 Å². The maximum atomic E-state index is 13.0. The highest BCUT2D eigenvalue weighted by atomic mass is 35.5. The minimum Gasteiger partial charge on any atom is -0.366 e. The van der Waals surface area contributed by atoms with Gasteiger partial charge in [0.15, 0.2) is 0 Å². The van der Waals surface area contributed by atoms with Gasteiger partial charge in [0.1, 0.15) is 4.21 Å². The summed E-state index contributed by atoms with van der Waals surface area (Å²) in [4.78, 5) is 6.32. The molecule has 4 rings (SSSR count). The van der Waals surface area contributed by atoms with E-state index in [1.807, 2.05) is 0 Å². The van der Waals surface area contributed by atoms with Crippen LogP contribution in [0.1, 0.15) is 6.42 Å². The zero-order chi connectivity index (χ0) is 14.6. The summed E-state index contributed by atoms with van der Waals surface area (Å²) in [6.45, 7) is 1.58. The summed E-state index contributed by atoms with van der Waals surface area (Å²) in [6, 6.07) is 4.94. The molecule has 0 spiro atoms. The molecule has 1 fully saturated rings. The lowest BCUT2D eigenvalue weighted by molar-refractivity contribution is 0.580. The van der Waals surface area contributed by atoms with E-state index in [-0.39, 0.29) is 10.3 Å². The van der Waals surface area contributed by atoms with Crippen LogP contribution in [0.15, 0.2) is 34.8 Å². The topological polar surface area (TPSA) is 53.5 Å². The molecule has 1 atom stereocenters. The number of thiophene rings is 1. The fourth-order valence-corrected chi connectivity index (χ4v) is 6.27. The van der Waals surface area contributed by atoms with Crippen LogP contribution in [0.25, 0.3) is 0 Å². The third kappa shape index (κ3) is 1.95. The average Bonchev–Trinajstić information content (AvgIpc) is 3.07. The second-order valence-corrected chi connectivity index (χ2v) is 8.87. The van der Waals surface area contributed by atoms with Crippen LogP contribution in [0.2, 0.25) is 4.34 Å². The Morgan fingerprint density at radius 1 is 1.29 bits per heavy atom. The Hall–Kier alpha value is -1.31. The zero-order valence-electron chi connectivity index (χ0n) is 10.9. The number of sulfonamides is 1. The van der Waals surface area contributed by atoms with Crippen molar-refractivity contribution in [2.75, 3.05) is 22.3 Å². The molecule has 21 heavy (non-hydrogen) atoms. The largest absolute Gasteiger partial charge is 0.366 e. The van der Waals surface area contributed by atoms with Crippen LogP contribution in [-0.4, -0.2) is 32.5 Å². The number of nitrogens with zero attached hydrogens (tertiary/aromatic N) is 3. The van der Waals surface area contributed by atoms with E-state index < -0.39 is 10.0 Å². The van der Waals surface area contributed by atoms with Gasteiger partial charge in [0.05, 0.1) is 27.9 Å². The van der Waals surface area contributed by atoms with Crippen LogP contribution < -0.4 is 9.21 Å². The number of rotatable bonds is 2. The quantitative estimate of drug-likeness (QED) is 0.842. The highest BCUT2D eigenvalue weighted by Gasteiger charge is 2.42. The Morgan fingerprint density at radius 2 is 2.14 bits per heavy atom. The van der Waals surface area contributed by atoms with Crippen molar-refractivity contribution >= 4 is 44.3 Å². The van der Waals surface area contributed by atoms with Gasteiger partial charge in [-0.2, -0.15) is 0 Å². The minimum atomic E-state index is -3.58. The Kier molecular flexibility index (Phi) is 2.92. The maximum Gasteiger partial charge on any atom is 0.274 e. The number of fused-ring (bicyclic) bond motifs is 4. The number of anilines is 2. The second-order valence-electron chi connectivity index (χ2n) is 5.11. The van der Waals surface area contributed by atoms with E-state index in [1.54, 1.807) is 34.9 Å². The minimum absolute atomic E-state index is 0.0224. The van der Waals surface area contributed by atoms with Crippen molar-refractivity contribution in [2.45, 2.75) is 16.7 Å². The molecule has 0 N–H and O–H groups in total. The first-order valence-electron chi connectivity index (χ1n) is 6.56. The first-order chi connectivity index (χ1) is 10.1. The molecule has 4 heterocycles. The molecule has 0 amide bonds. The molecule has 2 aromatic rings. The van der Waals surface area contributed by atoms with Gasteiger partial charge < -0.3 is 4.90 Å². The summed E-state index contributed by atoms with van der Waals surface area (Å²) in [7, 11) is -3.58. The average molecular weight is 342 g/mol. The molecule has 1 unspecified atom stereocenters. The van der Waals surface area contributed by atoms with Gasteiger partial charge in [-0.25, -0.2) is 8.42 Å². The van der Waals surface area contributed by atoms with Crippen LogP contribution in [0.5, 0.6) is 0 Å². The summed E-state index contributed by atoms with van der Waals surface area (Å²) in [5.41, 5.74) is 1.60. The van der Waals surface area contributed by atoms with Crippen molar-refractivity contribution in [1.82, 2.24) is 4.98 Å². The van der Waals surface area contributed by atoms with Gasteiger partial charge in [0.25, 0.3) is 10.0 Å². The molecule has 8 heteroatoms. The SMILES string of the molecule is O=S(=O)(c1ccc(Cl)s1)N1c2ccncc2N2CCC1C2. The smallest absolute Gasteiger partial charge is 0.274 e. The normalized spacial score (nSPS) is 20.7. The Balaban J connectivity index is 1.89. The van der Waals surface area contributed by atoms with Crippen LogP contribution in [-0.2, 0) is 10.0 Å². The van der Waals surface area contributed by atoms with Crippen LogP contribution in [0, 0.1) is 0 Å². The van der Waals surface area contributed by atoms with E-state index in [4.69, 9.17) is 11.6 Å². The Morgan fingerprint density at radius 3 is 2.90 bits per heavy atom. The molecule has 1 saturated heterocycles. The number of hydrogen-bond acceptors (Lipinski definition) is 5. The predicted molar refractivity (Wildman–Crippen MR) is 83.8 cm³/mol. The third-order valence-corrected chi connectivity index (χ3v) is 7.48. The fourth-order valence-electron chi connectivity index (χ4n) is 3.02. The lowest BCUT2D eigenvalue weighted by atomic mass is 10.2. The van der Waals surface area contributed by atoms with Gasteiger partial charge in [0.2, 0.25) is 0 Å². The summed E-state index contributed by atoms with van der Waals surface area (Å²) in [6.07, 6.45) is 4.20. The number of halogens is 1. The maximum absolute atomic E-state index is 13.0. The van der Waals surface area contributed by atoms with Crippen molar-refractivity contribution in [1.29, 1.82) is 0 Å². The molecule has 0 aliphatic carbocycles. The van der Waals surface area contributed by atoms with E-state index in [0.717, 1.165) is 36.5 Å². The molecule has 110 valence electrons. The molecule has 0 aromatic carbocycles. The van der Waals surface area contributed by atoms with E-state index in [9.17, 15) is 8.42 Å². The Bertz CT molecular complexity index is 805. The van der Waals surface area contributed by atoms with Crippen molar-refractivity contribution in [3.05, 3.63) is 34.9 Å². The van der Waals surface area contributed by atoms with Gasteiger partial charge in [-0.15, -0.1) is 11.3 Å². The molecule has 2 aliphatic heterocycles. The van der Waals surface area contributed by atoms with Crippen LogP contribution >= 0.6 is 22.9 Å². The van der Waals surface area contributed by atoms with E-state index in [2.05, 4.69) is 9.88 Å². The zero-order valence-corrected chi connectivity index (χ0v) is 13.3. The van der Waals surface area contributed by atoms with Crippen molar-refractivity contribution in [3.63, 3.8) is 0 Å². The number of hydrogen-bond donors (Lipinski definition) is 0. The summed E-state index contributed by atoms with van der Waals surface area (Å²) < 4.78 is 28.3. The number of pyridine rings is 1. The van der Waals surface area contributed by atoms with Gasteiger partial charge in [0, 0.05) is 19.3 Å². The molecule has 0 radical (unpaired) electrons. The fraction of sp³-hybridized carbons (Fsp3) is 0.308. The van der Waals surface area contributed by atoms with Gasteiger partial charge in [-0.3, -0.25) is 9.29 Å². The van der Waals surface area contributed by atoms with Crippen molar-refractivity contribution in [2.24, 2.45) is 0 Å². The third-order valence-electron chi connectivity index (χ3n) is 3.91. The monoisotopic (exact) mass is 341 g/mol. The molecular formula is C13H12ClN3O2S2. The highest BCUT2D eigenvalue weighted by molar-refractivity contribution is 7.94. The van der Waals surface area contributed by atoms with Crippen LogP contribution in [0.3, 0.4) is 0 Å². The highest BCUT2D eigenvalue weighted by Crippen LogP contribution is 2.43. The number of aromatic nitrogens is 1. The first kappa shape index (κ1) is 13.4. The van der Waals surface area contributed by atoms with E-state index >= 15 is 0 Å². The van der Waals surface area contributed by atoms with Gasteiger partial charge in [-0.1, -0.05) is 11.6 Å². The standard InChI is InChI=1S/C13H12ClN3O2S2/c14-12-1-2-13(20-12)21(18,19)17-9-4-6-16(8-9)11-7-15-5-3-10(11)17/h1-3,5,7,9H,4,6,8H2. The summed E-state index contributed by atoms with van der Waals surface area (Å²) in [5.74, 6) is 0. The second kappa shape index (κ2) is 4.59. The van der Waals surface area contributed by atoms with E-state index in [0.29, 0.717) is 10.0 Å². The lowest BCUT2D eigenvalue weighted by Crippen LogP contribution is -2.45. The van der Waals surface area contributed by atoms with Crippen molar-refractivity contribution in [3.8, 4) is 0 Å². The molecule has 5 nitrogen and oxygen atoms in total. The van der Waals surface area contributed by atoms with Gasteiger partial charge in [-0.05, 0) is 24.6 Å². The molecule has 2 aliphatic rings. The first-order valence-corrected chi connectivity index (χ1v) is 9.19. The molecule has 2 bridgehead atoms. The summed E-state index contributed by atoms with van der Waals surface area (Å²) in [5, 5.41) is 0. The molecule has 2 aromatic heterocycles. The van der Waals surface area contributed by atoms with Crippen LogP contribution in [0.4, 0.5) is 11.4 Å². The Labute approximate surface area is 131 Å².